The van der Waals surface area contributed by atoms with Gasteiger partial charge in [-0.3, -0.25) is 9.80 Å². The van der Waals surface area contributed by atoms with Gasteiger partial charge in [-0.15, -0.1) is 0 Å². The highest BCUT2D eigenvalue weighted by molar-refractivity contribution is 5.75. The lowest BCUT2D eigenvalue weighted by atomic mass is 9.95. The van der Waals surface area contributed by atoms with Gasteiger partial charge in [0.25, 0.3) is 0 Å². The SMILES string of the molecule is Cc1ccc(C(C)C)cc1CCCCC(=O)N(C)N. The van der Waals surface area contributed by atoms with Crippen LogP contribution in [0.25, 0.3) is 0 Å². The van der Waals surface area contributed by atoms with Crippen LogP contribution < -0.4 is 5.84 Å². The Morgan fingerprint density at radius 2 is 2.00 bits per heavy atom. The summed E-state index contributed by atoms with van der Waals surface area (Å²) >= 11 is 0. The minimum Gasteiger partial charge on any atom is -0.284 e. The van der Waals surface area contributed by atoms with Gasteiger partial charge in [0.15, 0.2) is 0 Å². The first kappa shape index (κ1) is 15.7. The zero-order valence-corrected chi connectivity index (χ0v) is 12.6. The van der Waals surface area contributed by atoms with E-state index >= 15 is 0 Å². The molecule has 106 valence electrons. The number of unbranched alkanes of at least 4 members (excludes halogenated alkanes) is 1. The molecule has 1 amide bonds. The summed E-state index contributed by atoms with van der Waals surface area (Å²) in [5, 5.41) is 1.17. The number of carbonyl (C=O) groups is 1. The van der Waals surface area contributed by atoms with Gasteiger partial charge in [0, 0.05) is 13.5 Å². The number of hydrogen-bond acceptors (Lipinski definition) is 2. The van der Waals surface area contributed by atoms with Crippen LogP contribution in [0.5, 0.6) is 0 Å². The van der Waals surface area contributed by atoms with Gasteiger partial charge in [-0.1, -0.05) is 32.0 Å². The number of hydrazine groups is 1. The molecule has 0 saturated heterocycles. The zero-order valence-electron chi connectivity index (χ0n) is 12.6. The van der Waals surface area contributed by atoms with Crippen LogP contribution in [-0.4, -0.2) is 18.0 Å². The number of nitrogens with two attached hydrogens (primary N) is 1. The Bertz CT molecular complexity index is 425. The van der Waals surface area contributed by atoms with Crippen molar-refractivity contribution in [2.45, 2.75) is 52.4 Å². The van der Waals surface area contributed by atoms with E-state index in [1.54, 1.807) is 7.05 Å². The second-order valence-corrected chi connectivity index (χ2v) is 5.55. The first-order valence-electron chi connectivity index (χ1n) is 7.02. The Kier molecular flexibility index (Phi) is 6.03. The smallest absolute Gasteiger partial charge is 0.236 e. The minimum atomic E-state index is 0.00709. The van der Waals surface area contributed by atoms with Gasteiger partial charge >= 0.3 is 0 Å². The molecule has 2 N–H and O–H groups in total. The van der Waals surface area contributed by atoms with Gasteiger partial charge in [-0.05, 0) is 48.8 Å². The summed E-state index contributed by atoms with van der Waals surface area (Å²) in [6.07, 6.45) is 3.50. The summed E-state index contributed by atoms with van der Waals surface area (Å²) in [5.41, 5.74) is 4.13. The van der Waals surface area contributed by atoms with Crippen LogP contribution in [0.3, 0.4) is 0 Å². The molecule has 0 saturated carbocycles. The highest BCUT2D eigenvalue weighted by atomic mass is 16.2. The molecule has 19 heavy (non-hydrogen) atoms. The lowest BCUT2D eigenvalue weighted by Crippen LogP contribution is -2.32. The maximum Gasteiger partial charge on any atom is 0.236 e. The van der Waals surface area contributed by atoms with Crippen molar-refractivity contribution in [1.29, 1.82) is 0 Å². The van der Waals surface area contributed by atoms with Crippen molar-refractivity contribution in [3.8, 4) is 0 Å². The third-order valence-corrected chi connectivity index (χ3v) is 3.52. The van der Waals surface area contributed by atoms with Crippen LogP contribution in [-0.2, 0) is 11.2 Å². The van der Waals surface area contributed by atoms with Crippen molar-refractivity contribution in [3.05, 3.63) is 34.9 Å². The van der Waals surface area contributed by atoms with Gasteiger partial charge < -0.3 is 0 Å². The highest BCUT2D eigenvalue weighted by Gasteiger charge is 2.06. The number of hydrogen-bond donors (Lipinski definition) is 1. The third kappa shape index (κ3) is 5.03. The number of amides is 1. The first-order chi connectivity index (χ1) is 8.91. The van der Waals surface area contributed by atoms with Gasteiger partial charge in [0.2, 0.25) is 5.91 Å². The predicted molar refractivity (Wildman–Crippen MR) is 79.8 cm³/mol. The molecule has 0 spiro atoms. The van der Waals surface area contributed by atoms with Crippen LogP contribution in [0.4, 0.5) is 0 Å². The van der Waals surface area contributed by atoms with E-state index in [9.17, 15) is 4.79 Å². The van der Waals surface area contributed by atoms with Crippen molar-refractivity contribution in [2.75, 3.05) is 7.05 Å². The minimum absolute atomic E-state index is 0.00709. The Labute approximate surface area is 116 Å². The van der Waals surface area contributed by atoms with Crippen molar-refractivity contribution < 1.29 is 4.79 Å². The lowest BCUT2D eigenvalue weighted by Gasteiger charge is -2.12. The average molecular weight is 262 g/mol. The number of benzene rings is 1. The molecule has 0 bridgehead atoms. The van der Waals surface area contributed by atoms with E-state index in [-0.39, 0.29) is 5.91 Å². The molecule has 0 aliphatic rings. The van der Waals surface area contributed by atoms with E-state index in [1.807, 2.05) is 0 Å². The highest BCUT2D eigenvalue weighted by Crippen LogP contribution is 2.20. The van der Waals surface area contributed by atoms with E-state index in [0.29, 0.717) is 12.3 Å². The Balaban J connectivity index is 2.49. The van der Waals surface area contributed by atoms with E-state index < -0.39 is 0 Å². The molecule has 3 nitrogen and oxygen atoms in total. The molecule has 1 rings (SSSR count). The van der Waals surface area contributed by atoms with Crippen molar-refractivity contribution in [3.63, 3.8) is 0 Å². The van der Waals surface area contributed by atoms with Crippen LogP contribution >= 0.6 is 0 Å². The number of aryl methyl sites for hydroxylation is 2. The first-order valence-corrected chi connectivity index (χ1v) is 7.02. The largest absolute Gasteiger partial charge is 0.284 e. The van der Waals surface area contributed by atoms with Gasteiger partial charge in [0.1, 0.15) is 0 Å². The standard InChI is InChI=1S/C16H26N2O/c1-12(2)14-10-9-13(3)15(11-14)7-5-6-8-16(19)18(4)17/h9-12H,5-8,17H2,1-4H3. The summed E-state index contributed by atoms with van der Waals surface area (Å²) in [6, 6.07) is 6.71. The molecule has 3 heteroatoms. The monoisotopic (exact) mass is 262 g/mol. The van der Waals surface area contributed by atoms with E-state index in [2.05, 4.69) is 39.0 Å². The predicted octanol–water partition coefficient (Wildman–Crippen LogP) is 3.16. The molecule has 0 aromatic heterocycles. The fourth-order valence-corrected chi connectivity index (χ4v) is 2.09. The molecule has 0 fully saturated rings. The molecule has 1 aromatic carbocycles. The quantitative estimate of drug-likeness (QED) is 0.370. The summed E-state index contributed by atoms with van der Waals surface area (Å²) in [7, 11) is 1.60. The molecule has 0 aliphatic carbocycles. The van der Waals surface area contributed by atoms with Crippen molar-refractivity contribution in [2.24, 2.45) is 5.84 Å². The van der Waals surface area contributed by atoms with Crippen LogP contribution in [0.2, 0.25) is 0 Å². The molecule has 0 atom stereocenters. The number of carbonyl (C=O) groups excluding carboxylic acids is 1. The Hall–Kier alpha value is -1.35. The van der Waals surface area contributed by atoms with Crippen molar-refractivity contribution in [1.82, 2.24) is 5.01 Å². The number of nitrogens with zero attached hydrogens (tertiary/aromatic N) is 1. The van der Waals surface area contributed by atoms with Gasteiger partial charge in [0.05, 0.1) is 0 Å². The molecule has 0 unspecified atom stereocenters. The van der Waals surface area contributed by atoms with E-state index in [0.717, 1.165) is 19.3 Å². The molecular formula is C16H26N2O. The van der Waals surface area contributed by atoms with E-state index in [4.69, 9.17) is 5.84 Å². The maximum atomic E-state index is 11.4. The maximum absolute atomic E-state index is 11.4. The second kappa shape index (κ2) is 7.29. The third-order valence-electron chi connectivity index (χ3n) is 3.52. The van der Waals surface area contributed by atoms with Crippen LogP contribution in [0.15, 0.2) is 18.2 Å². The molecule has 0 heterocycles. The number of rotatable bonds is 6. The van der Waals surface area contributed by atoms with Gasteiger partial charge in [-0.25, -0.2) is 5.84 Å². The summed E-state index contributed by atoms with van der Waals surface area (Å²) in [5.74, 6) is 5.96. The fourth-order valence-electron chi connectivity index (χ4n) is 2.09. The molecule has 0 aliphatic heterocycles. The Morgan fingerprint density at radius 3 is 2.58 bits per heavy atom. The Morgan fingerprint density at radius 1 is 1.32 bits per heavy atom. The lowest BCUT2D eigenvalue weighted by molar-refractivity contribution is -0.130. The van der Waals surface area contributed by atoms with Crippen molar-refractivity contribution >= 4 is 5.91 Å². The fraction of sp³-hybridized carbons (Fsp3) is 0.562. The molecule has 1 aromatic rings. The second-order valence-electron chi connectivity index (χ2n) is 5.55. The molecular weight excluding hydrogens is 236 g/mol. The molecule has 0 radical (unpaired) electrons. The van der Waals surface area contributed by atoms with Crippen LogP contribution in [0, 0.1) is 6.92 Å². The van der Waals surface area contributed by atoms with Gasteiger partial charge in [-0.2, -0.15) is 0 Å². The normalized spacial score (nSPS) is 10.8. The van der Waals surface area contributed by atoms with Crippen LogP contribution in [0.1, 0.15) is 55.7 Å². The topological polar surface area (TPSA) is 46.3 Å². The van der Waals surface area contributed by atoms with E-state index in [1.165, 1.54) is 21.7 Å². The summed E-state index contributed by atoms with van der Waals surface area (Å²) in [6.45, 7) is 6.58. The summed E-state index contributed by atoms with van der Waals surface area (Å²) < 4.78 is 0. The summed E-state index contributed by atoms with van der Waals surface area (Å²) in [4.78, 5) is 11.4. The zero-order chi connectivity index (χ0) is 14.4. The average Bonchev–Trinajstić information content (AvgIpc) is 2.35.